The Labute approximate surface area is 167 Å². The number of benzene rings is 2. The number of nitrogens with zero attached hydrogens (tertiary/aromatic N) is 6. The molecule has 0 bridgehead atoms. The Hall–Kier alpha value is -3.71. The summed E-state index contributed by atoms with van der Waals surface area (Å²) in [6, 6.07) is 18.7. The lowest BCUT2D eigenvalue weighted by molar-refractivity contribution is 0.476. The topological polar surface area (TPSA) is 65.5 Å². The molecule has 0 aliphatic carbocycles. The predicted octanol–water partition coefficient (Wildman–Crippen LogP) is 3.18. The molecule has 0 unspecified atom stereocenters. The van der Waals surface area contributed by atoms with E-state index in [1.807, 2.05) is 36.9 Å². The van der Waals surface area contributed by atoms with E-state index in [-0.39, 0.29) is 0 Å². The zero-order chi connectivity index (χ0) is 19.2. The van der Waals surface area contributed by atoms with Crippen molar-refractivity contribution in [3.05, 3.63) is 79.0 Å². The number of rotatable bonds is 3. The van der Waals surface area contributed by atoms with Crippen LogP contribution >= 0.6 is 0 Å². The van der Waals surface area contributed by atoms with Crippen molar-refractivity contribution in [3.63, 3.8) is 0 Å². The SMILES string of the molecule is c1ccc2c(c1)ncn2-c1ccc(-n2ccnc2-c2cc3n(n2)CCNC3)cc1. The van der Waals surface area contributed by atoms with Crippen LogP contribution in [0.1, 0.15) is 5.69 Å². The second-order valence-electron chi connectivity index (χ2n) is 7.16. The van der Waals surface area contributed by atoms with Crippen LogP contribution in [0.25, 0.3) is 33.9 Å². The van der Waals surface area contributed by atoms with Gasteiger partial charge in [-0.15, -0.1) is 0 Å². The number of nitrogens with one attached hydrogen (secondary N) is 1. The number of imidazole rings is 2. The molecule has 1 N–H and O–H groups in total. The summed E-state index contributed by atoms with van der Waals surface area (Å²) in [6.07, 6.45) is 5.67. The van der Waals surface area contributed by atoms with Crippen molar-refractivity contribution in [2.75, 3.05) is 6.54 Å². The second-order valence-corrected chi connectivity index (χ2v) is 7.16. The van der Waals surface area contributed by atoms with Gasteiger partial charge in [0.25, 0.3) is 0 Å². The highest BCUT2D eigenvalue weighted by Gasteiger charge is 2.16. The molecule has 0 fully saturated rings. The molecule has 0 atom stereocenters. The number of para-hydroxylation sites is 2. The molecule has 29 heavy (non-hydrogen) atoms. The van der Waals surface area contributed by atoms with E-state index in [0.717, 1.165) is 53.6 Å². The van der Waals surface area contributed by atoms with E-state index in [1.54, 1.807) is 0 Å². The lowest BCUT2D eigenvalue weighted by Gasteiger charge is -2.13. The lowest BCUT2D eigenvalue weighted by atomic mass is 10.2. The number of aromatic nitrogens is 6. The van der Waals surface area contributed by atoms with Gasteiger partial charge in [-0.25, -0.2) is 9.97 Å². The first kappa shape index (κ1) is 16.3. The summed E-state index contributed by atoms with van der Waals surface area (Å²) in [5.74, 6) is 0.854. The van der Waals surface area contributed by atoms with Gasteiger partial charge in [0.1, 0.15) is 12.0 Å². The quantitative estimate of drug-likeness (QED) is 0.521. The molecule has 3 aromatic heterocycles. The van der Waals surface area contributed by atoms with Crippen LogP contribution in [0.15, 0.2) is 73.3 Å². The fraction of sp³-hybridized carbons (Fsp3) is 0.136. The van der Waals surface area contributed by atoms with Crippen LogP contribution < -0.4 is 5.32 Å². The first-order chi connectivity index (χ1) is 14.4. The van der Waals surface area contributed by atoms with Gasteiger partial charge >= 0.3 is 0 Å². The highest BCUT2D eigenvalue weighted by atomic mass is 15.3. The van der Waals surface area contributed by atoms with Crippen molar-refractivity contribution in [1.82, 2.24) is 34.2 Å². The number of hydrogen-bond donors (Lipinski definition) is 1. The molecule has 2 aromatic carbocycles. The summed E-state index contributed by atoms with van der Waals surface area (Å²) in [5, 5.41) is 8.14. The van der Waals surface area contributed by atoms with E-state index in [1.165, 1.54) is 5.69 Å². The largest absolute Gasteiger partial charge is 0.309 e. The van der Waals surface area contributed by atoms with Crippen LogP contribution in [0.3, 0.4) is 0 Å². The normalized spacial score (nSPS) is 13.7. The zero-order valence-electron chi connectivity index (χ0n) is 15.7. The van der Waals surface area contributed by atoms with Crippen molar-refractivity contribution in [3.8, 4) is 22.9 Å². The minimum absolute atomic E-state index is 0.848. The smallest absolute Gasteiger partial charge is 0.165 e. The molecular weight excluding hydrogens is 362 g/mol. The second kappa shape index (κ2) is 6.42. The summed E-state index contributed by atoms with van der Waals surface area (Å²) in [7, 11) is 0. The molecule has 0 saturated carbocycles. The zero-order valence-corrected chi connectivity index (χ0v) is 15.7. The van der Waals surface area contributed by atoms with E-state index in [2.05, 4.69) is 65.5 Å². The first-order valence-corrected chi connectivity index (χ1v) is 9.71. The van der Waals surface area contributed by atoms with Gasteiger partial charge in [0, 0.05) is 36.9 Å². The first-order valence-electron chi connectivity index (χ1n) is 9.71. The highest BCUT2D eigenvalue weighted by Crippen LogP contribution is 2.24. The van der Waals surface area contributed by atoms with E-state index >= 15 is 0 Å². The van der Waals surface area contributed by atoms with E-state index < -0.39 is 0 Å². The Kier molecular flexibility index (Phi) is 3.60. The molecule has 7 heteroatoms. The average molecular weight is 381 g/mol. The van der Waals surface area contributed by atoms with Crippen LogP contribution in [-0.2, 0) is 13.1 Å². The Morgan fingerprint density at radius 3 is 2.59 bits per heavy atom. The fourth-order valence-corrected chi connectivity index (χ4v) is 3.94. The maximum absolute atomic E-state index is 4.75. The summed E-state index contributed by atoms with van der Waals surface area (Å²) in [6.45, 7) is 2.69. The Morgan fingerprint density at radius 2 is 1.72 bits per heavy atom. The molecule has 0 radical (unpaired) electrons. The van der Waals surface area contributed by atoms with Crippen LogP contribution in [0.4, 0.5) is 0 Å². The van der Waals surface area contributed by atoms with Gasteiger partial charge in [0.05, 0.1) is 23.3 Å². The van der Waals surface area contributed by atoms with E-state index in [4.69, 9.17) is 5.10 Å². The maximum atomic E-state index is 4.75. The van der Waals surface area contributed by atoms with E-state index in [9.17, 15) is 0 Å². The highest BCUT2D eigenvalue weighted by molar-refractivity contribution is 5.77. The van der Waals surface area contributed by atoms with Gasteiger partial charge in [-0.3, -0.25) is 13.8 Å². The van der Waals surface area contributed by atoms with Gasteiger partial charge < -0.3 is 5.32 Å². The molecule has 7 nitrogen and oxygen atoms in total. The predicted molar refractivity (Wildman–Crippen MR) is 111 cm³/mol. The molecular formula is C22H19N7. The van der Waals surface area contributed by atoms with Crippen molar-refractivity contribution < 1.29 is 0 Å². The average Bonchev–Trinajstić information content (AvgIpc) is 3.50. The van der Waals surface area contributed by atoms with Gasteiger partial charge in [-0.1, -0.05) is 12.1 Å². The third-order valence-electron chi connectivity index (χ3n) is 5.40. The molecule has 1 aliphatic rings. The van der Waals surface area contributed by atoms with Crippen LogP contribution in [0, 0.1) is 0 Å². The molecule has 4 heterocycles. The molecule has 142 valence electrons. The molecule has 0 saturated heterocycles. The Bertz CT molecular complexity index is 1280. The fourth-order valence-electron chi connectivity index (χ4n) is 3.94. The monoisotopic (exact) mass is 381 g/mol. The Morgan fingerprint density at radius 1 is 0.897 bits per heavy atom. The summed E-state index contributed by atoms with van der Waals surface area (Å²) in [5.41, 5.74) is 6.32. The number of fused-ring (bicyclic) bond motifs is 2. The van der Waals surface area contributed by atoms with Crippen LogP contribution in [0.2, 0.25) is 0 Å². The third-order valence-corrected chi connectivity index (χ3v) is 5.40. The number of hydrogen-bond acceptors (Lipinski definition) is 4. The van der Waals surface area contributed by atoms with Gasteiger partial charge in [-0.2, -0.15) is 5.10 Å². The summed E-state index contributed by atoms with van der Waals surface area (Å²) < 4.78 is 6.25. The van der Waals surface area contributed by atoms with Crippen molar-refractivity contribution in [2.45, 2.75) is 13.1 Å². The lowest BCUT2D eigenvalue weighted by Crippen LogP contribution is -2.28. The van der Waals surface area contributed by atoms with Crippen LogP contribution in [0.5, 0.6) is 0 Å². The standard InChI is InChI=1S/C22H19N7/c1-2-4-21-19(3-1)25-15-28(21)17-7-5-16(6-8-17)27-11-10-24-22(27)20-13-18-14-23-9-12-29(18)26-20/h1-8,10-11,13,15,23H,9,12,14H2. The van der Waals surface area contributed by atoms with Gasteiger partial charge in [-0.05, 0) is 42.5 Å². The molecule has 5 aromatic rings. The summed E-state index contributed by atoms with van der Waals surface area (Å²) in [4.78, 5) is 9.06. The minimum Gasteiger partial charge on any atom is -0.309 e. The molecule has 0 amide bonds. The van der Waals surface area contributed by atoms with Gasteiger partial charge in [0.2, 0.25) is 0 Å². The van der Waals surface area contributed by atoms with Crippen molar-refractivity contribution in [1.29, 1.82) is 0 Å². The van der Waals surface area contributed by atoms with E-state index in [0.29, 0.717) is 0 Å². The van der Waals surface area contributed by atoms with Crippen molar-refractivity contribution in [2.24, 2.45) is 0 Å². The molecule has 0 spiro atoms. The minimum atomic E-state index is 0.848. The molecule has 6 rings (SSSR count). The Balaban J connectivity index is 1.37. The third kappa shape index (κ3) is 2.67. The molecule has 1 aliphatic heterocycles. The maximum Gasteiger partial charge on any atom is 0.165 e. The van der Waals surface area contributed by atoms with Crippen molar-refractivity contribution >= 4 is 11.0 Å². The summed E-state index contributed by atoms with van der Waals surface area (Å²) >= 11 is 0. The van der Waals surface area contributed by atoms with Gasteiger partial charge in [0.15, 0.2) is 5.82 Å². The van der Waals surface area contributed by atoms with Crippen LogP contribution in [-0.4, -0.2) is 35.4 Å².